The summed E-state index contributed by atoms with van der Waals surface area (Å²) in [5, 5.41) is 16.4. The molecule has 4 heterocycles. The fraction of sp³-hybridized carbons (Fsp3) is 0.348. The SMILES string of the molecule is CN1CCNc2cc(-c3cn(C)nn3)cc(c2)-c2cnn3ccc(nc23)OCC1CCC=O. The maximum atomic E-state index is 11.0. The van der Waals surface area contributed by atoms with E-state index in [9.17, 15) is 4.79 Å². The first kappa shape index (κ1) is 21.1. The number of ether oxygens (including phenoxy) is 1. The Hall–Kier alpha value is -3.79. The first-order valence-electron chi connectivity index (χ1n) is 11.0. The molecule has 0 amide bonds. The lowest BCUT2D eigenvalue weighted by Gasteiger charge is -2.28. The quantitative estimate of drug-likeness (QED) is 0.477. The summed E-state index contributed by atoms with van der Waals surface area (Å²) >= 11 is 0. The van der Waals surface area contributed by atoms with Gasteiger partial charge in [0, 0.05) is 61.7 Å². The van der Waals surface area contributed by atoms with Gasteiger partial charge in [-0.05, 0) is 37.2 Å². The van der Waals surface area contributed by atoms with Gasteiger partial charge in [0.15, 0.2) is 5.65 Å². The van der Waals surface area contributed by atoms with Gasteiger partial charge in [0.25, 0.3) is 0 Å². The molecule has 4 aromatic rings. The standard InChI is InChI=1S/C23H26N8O2/c1-29-8-6-24-18-11-16(10-17(12-18)21-14-30(2)28-27-21)20-13-25-31-7-5-22(26-23(20)31)33-15-19(29)4-3-9-32/h5,7,9-14,19,24H,3-4,6,8,15H2,1-2H3. The van der Waals surface area contributed by atoms with Gasteiger partial charge in [-0.1, -0.05) is 5.21 Å². The number of fused-ring (bicyclic) bond motifs is 4. The average Bonchev–Trinajstić information content (AvgIpc) is 3.44. The minimum absolute atomic E-state index is 0.101. The summed E-state index contributed by atoms with van der Waals surface area (Å²) in [5.41, 5.74) is 5.33. The van der Waals surface area contributed by atoms with E-state index in [-0.39, 0.29) is 6.04 Å². The highest BCUT2D eigenvalue weighted by Crippen LogP contribution is 2.32. The van der Waals surface area contributed by atoms with Crippen LogP contribution in [0, 0.1) is 0 Å². The van der Waals surface area contributed by atoms with Crippen molar-refractivity contribution >= 4 is 17.6 Å². The van der Waals surface area contributed by atoms with Gasteiger partial charge in [-0.25, -0.2) is 4.52 Å². The second-order valence-corrected chi connectivity index (χ2v) is 8.28. The van der Waals surface area contributed by atoms with Crippen LogP contribution < -0.4 is 10.1 Å². The van der Waals surface area contributed by atoms with E-state index in [0.717, 1.165) is 53.9 Å². The van der Waals surface area contributed by atoms with Crippen molar-refractivity contribution < 1.29 is 9.53 Å². The van der Waals surface area contributed by atoms with Crippen LogP contribution in [0.2, 0.25) is 0 Å². The first-order valence-corrected chi connectivity index (χ1v) is 11.0. The second kappa shape index (κ2) is 8.99. The molecule has 170 valence electrons. The van der Waals surface area contributed by atoms with E-state index in [0.29, 0.717) is 24.6 Å². The van der Waals surface area contributed by atoms with Crippen molar-refractivity contribution in [2.75, 3.05) is 32.1 Å². The van der Waals surface area contributed by atoms with Gasteiger partial charge >= 0.3 is 0 Å². The molecule has 5 rings (SSSR count). The van der Waals surface area contributed by atoms with E-state index in [1.165, 1.54) is 0 Å². The maximum Gasteiger partial charge on any atom is 0.216 e. The summed E-state index contributed by atoms with van der Waals surface area (Å²) in [6.45, 7) is 1.99. The molecule has 0 saturated carbocycles. The van der Waals surface area contributed by atoms with Crippen molar-refractivity contribution in [3.05, 3.63) is 42.9 Å². The Morgan fingerprint density at radius 3 is 2.94 bits per heavy atom. The first-order chi connectivity index (χ1) is 16.1. The molecule has 0 aliphatic carbocycles. The number of likely N-dealkylation sites (N-methyl/N-ethyl adjacent to an activating group) is 1. The van der Waals surface area contributed by atoms with Crippen molar-refractivity contribution in [1.82, 2.24) is 34.5 Å². The molecule has 1 aliphatic rings. The Kier molecular flexibility index (Phi) is 5.74. The predicted octanol–water partition coefficient (Wildman–Crippen LogP) is 2.28. The highest BCUT2D eigenvalue weighted by molar-refractivity contribution is 5.83. The Balaban J connectivity index is 1.59. The van der Waals surface area contributed by atoms with Crippen molar-refractivity contribution in [1.29, 1.82) is 0 Å². The monoisotopic (exact) mass is 446 g/mol. The third-order valence-corrected chi connectivity index (χ3v) is 5.94. The van der Waals surface area contributed by atoms with Crippen LogP contribution in [0.15, 0.2) is 42.9 Å². The van der Waals surface area contributed by atoms with Crippen molar-refractivity contribution in [2.24, 2.45) is 7.05 Å². The van der Waals surface area contributed by atoms with Crippen LogP contribution in [0.1, 0.15) is 12.8 Å². The fourth-order valence-electron chi connectivity index (χ4n) is 4.08. The number of aldehydes is 1. The molecule has 1 aromatic carbocycles. The Labute approximate surface area is 191 Å². The molecular weight excluding hydrogens is 420 g/mol. The number of rotatable bonds is 4. The molecule has 0 fully saturated rings. The molecule has 0 spiro atoms. The number of aryl methyl sites for hydroxylation is 1. The number of anilines is 1. The lowest BCUT2D eigenvalue weighted by molar-refractivity contribution is -0.108. The van der Waals surface area contributed by atoms with Gasteiger partial charge in [0.05, 0.1) is 12.4 Å². The topological polar surface area (TPSA) is 102 Å². The number of carbonyl (C=O) groups excluding carboxylic acids is 1. The van der Waals surface area contributed by atoms with Crippen LogP contribution in [-0.4, -0.2) is 73.6 Å². The Bertz CT molecular complexity index is 1280. The zero-order valence-electron chi connectivity index (χ0n) is 18.7. The van der Waals surface area contributed by atoms with E-state index >= 15 is 0 Å². The fourth-order valence-corrected chi connectivity index (χ4v) is 4.08. The minimum Gasteiger partial charge on any atom is -0.476 e. The van der Waals surface area contributed by atoms with Crippen molar-refractivity contribution in [3.63, 3.8) is 0 Å². The van der Waals surface area contributed by atoms with Gasteiger partial charge in [0.2, 0.25) is 5.88 Å². The number of aromatic nitrogens is 6. The van der Waals surface area contributed by atoms with E-state index in [1.54, 1.807) is 9.20 Å². The highest BCUT2D eigenvalue weighted by Gasteiger charge is 2.18. The molecule has 1 unspecified atom stereocenters. The summed E-state index contributed by atoms with van der Waals surface area (Å²) in [7, 11) is 3.91. The van der Waals surface area contributed by atoms with E-state index < -0.39 is 0 Å². The molecule has 4 bridgehead atoms. The lowest BCUT2D eigenvalue weighted by atomic mass is 10.0. The minimum atomic E-state index is 0.101. The number of hydrogen-bond acceptors (Lipinski definition) is 8. The molecule has 0 saturated heterocycles. The largest absolute Gasteiger partial charge is 0.476 e. The number of benzene rings is 1. The number of hydrogen-bond donors (Lipinski definition) is 1. The van der Waals surface area contributed by atoms with Crippen molar-refractivity contribution in [2.45, 2.75) is 18.9 Å². The van der Waals surface area contributed by atoms with E-state index in [1.807, 2.05) is 31.7 Å². The molecule has 0 radical (unpaired) electrons. The highest BCUT2D eigenvalue weighted by atomic mass is 16.5. The Morgan fingerprint density at radius 2 is 2.12 bits per heavy atom. The zero-order chi connectivity index (χ0) is 22.8. The van der Waals surface area contributed by atoms with Crippen LogP contribution in [0.5, 0.6) is 5.88 Å². The molecule has 10 nitrogen and oxygen atoms in total. The second-order valence-electron chi connectivity index (χ2n) is 8.28. The molecule has 1 atom stereocenters. The normalized spacial score (nSPS) is 16.8. The summed E-state index contributed by atoms with van der Waals surface area (Å²) in [4.78, 5) is 17.9. The van der Waals surface area contributed by atoms with Gasteiger partial charge < -0.3 is 14.8 Å². The van der Waals surface area contributed by atoms with Crippen molar-refractivity contribution in [3.8, 4) is 28.3 Å². The van der Waals surface area contributed by atoms with Gasteiger partial charge in [-0.15, -0.1) is 5.10 Å². The molecular formula is C23H26N8O2. The summed E-state index contributed by atoms with van der Waals surface area (Å²) in [6.07, 6.45) is 7.74. The third kappa shape index (κ3) is 4.42. The van der Waals surface area contributed by atoms with Gasteiger partial charge in [0.1, 0.15) is 18.6 Å². The van der Waals surface area contributed by atoms with Gasteiger partial charge in [-0.2, -0.15) is 10.1 Å². The number of nitrogens with one attached hydrogen (secondary N) is 1. The molecule has 1 N–H and O–H groups in total. The smallest absolute Gasteiger partial charge is 0.216 e. The lowest BCUT2D eigenvalue weighted by Crippen LogP contribution is -2.39. The molecule has 33 heavy (non-hydrogen) atoms. The van der Waals surface area contributed by atoms with Crippen LogP contribution in [-0.2, 0) is 11.8 Å². The van der Waals surface area contributed by atoms with Crippen LogP contribution in [0.3, 0.4) is 0 Å². The van der Waals surface area contributed by atoms with Gasteiger partial charge in [-0.3, -0.25) is 9.58 Å². The molecule has 3 aromatic heterocycles. The predicted molar refractivity (Wildman–Crippen MR) is 124 cm³/mol. The number of carbonyl (C=O) groups is 1. The summed E-state index contributed by atoms with van der Waals surface area (Å²) < 4.78 is 9.49. The summed E-state index contributed by atoms with van der Waals surface area (Å²) in [6, 6.07) is 8.17. The van der Waals surface area contributed by atoms with Crippen LogP contribution in [0.25, 0.3) is 28.0 Å². The molecule has 1 aliphatic heterocycles. The van der Waals surface area contributed by atoms with E-state index in [2.05, 4.69) is 50.9 Å². The number of nitrogens with zero attached hydrogens (tertiary/aromatic N) is 7. The Morgan fingerprint density at radius 1 is 1.24 bits per heavy atom. The molecule has 10 heteroatoms. The third-order valence-electron chi connectivity index (χ3n) is 5.94. The van der Waals surface area contributed by atoms with Crippen LogP contribution >= 0.6 is 0 Å². The van der Waals surface area contributed by atoms with E-state index in [4.69, 9.17) is 9.72 Å². The maximum absolute atomic E-state index is 11.0. The summed E-state index contributed by atoms with van der Waals surface area (Å²) in [5.74, 6) is 0.536. The average molecular weight is 447 g/mol. The zero-order valence-corrected chi connectivity index (χ0v) is 18.7. The van der Waals surface area contributed by atoms with Crippen LogP contribution in [0.4, 0.5) is 5.69 Å².